The molecule has 2 rings (SSSR count). The van der Waals surface area contributed by atoms with E-state index in [1.165, 1.54) is 18.2 Å². The van der Waals surface area contributed by atoms with E-state index < -0.39 is 16.7 Å². The van der Waals surface area contributed by atoms with Crippen molar-refractivity contribution in [2.45, 2.75) is 4.90 Å². The Morgan fingerprint density at radius 1 is 1.47 bits per heavy atom. The molecule has 0 fully saturated rings. The predicted octanol–water partition coefficient (Wildman–Crippen LogP) is 1.82. The van der Waals surface area contributed by atoms with E-state index in [-0.39, 0.29) is 15.8 Å². The number of nitrogens with one attached hydrogen (secondary N) is 1. The summed E-state index contributed by atoms with van der Waals surface area (Å²) >= 11 is 5.66. The summed E-state index contributed by atoms with van der Waals surface area (Å²) in [6, 6.07) is 4.27. The molecule has 0 atom stereocenters. The van der Waals surface area contributed by atoms with Crippen molar-refractivity contribution in [1.82, 2.24) is 0 Å². The first-order valence-electron chi connectivity index (χ1n) is 3.99. The van der Waals surface area contributed by atoms with Gasteiger partial charge in [0.2, 0.25) is 0 Å². The van der Waals surface area contributed by atoms with E-state index in [0.29, 0.717) is 5.69 Å². The first-order chi connectivity index (χ1) is 7.03. The van der Waals surface area contributed by atoms with Crippen LogP contribution in [-0.2, 0) is 10.0 Å². The highest BCUT2D eigenvalue weighted by Crippen LogP contribution is 2.29. The average Bonchev–Trinajstić information content (AvgIpc) is 2.18. The van der Waals surface area contributed by atoms with Gasteiger partial charge >= 0.3 is 0 Å². The molecule has 7 heteroatoms. The quantitative estimate of drug-likeness (QED) is 0.824. The summed E-state index contributed by atoms with van der Waals surface area (Å²) in [7, 11) is -3.82. The lowest BCUT2D eigenvalue weighted by molar-refractivity contribution is 0.576. The Morgan fingerprint density at radius 2 is 2.20 bits per heavy atom. The van der Waals surface area contributed by atoms with Crippen LogP contribution in [0.2, 0.25) is 5.02 Å². The second-order valence-electron chi connectivity index (χ2n) is 2.91. The van der Waals surface area contributed by atoms with Crippen LogP contribution in [0.5, 0.6) is 0 Å². The van der Waals surface area contributed by atoms with Crippen LogP contribution in [0.4, 0.5) is 10.1 Å². The van der Waals surface area contributed by atoms with Crippen molar-refractivity contribution in [3.8, 4) is 0 Å². The molecule has 0 aliphatic carbocycles. The number of fused-ring (bicyclic) bond motifs is 1. The lowest BCUT2D eigenvalue weighted by atomic mass is 10.3. The molecule has 0 aromatic heterocycles. The number of nitrogens with zero attached hydrogens (tertiary/aromatic N) is 1. The molecule has 0 bridgehead atoms. The van der Waals surface area contributed by atoms with Gasteiger partial charge in [0.25, 0.3) is 10.0 Å². The van der Waals surface area contributed by atoms with E-state index in [2.05, 4.69) is 9.71 Å². The van der Waals surface area contributed by atoms with Gasteiger partial charge in [-0.25, -0.2) is 4.39 Å². The van der Waals surface area contributed by atoms with Crippen LogP contribution in [0.25, 0.3) is 0 Å². The molecular weight excluding hydrogens is 242 g/mol. The molecule has 15 heavy (non-hydrogen) atoms. The fraction of sp³-hybridized carbons (Fsp3) is 0.125. The standard InChI is InChI=1S/C8H6ClFN2O2S/c9-5-1-2-6-7(3-5)15(13,14)12-8(4-10)11-6/h1-3H,4H2,(H,11,12)/i10-1. The lowest BCUT2D eigenvalue weighted by Crippen LogP contribution is -2.22. The van der Waals surface area contributed by atoms with Gasteiger partial charge in [-0.05, 0) is 18.2 Å². The second-order valence-corrected chi connectivity index (χ2v) is 4.92. The summed E-state index contributed by atoms with van der Waals surface area (Å²) in [5, 5.41) is 2.86. The van der Waals surface area contributed by atoms with Gasteiger partial charge in [0, 0.05) is 5.02 Å². The van der Waals surface area contributed by atoms with Crippen molar-refractivity contribution < 1.29 is 12.8 Å². The highest BCUT2D eigenvalue weighted by atomic mass is 35.5. The smallest absolute Gasteiger partial charge is 0.286 e. The van der Waals surface area contributed by atoms with Gasteiger partial charge in [-0.15, -0.1) is 4.40 Å². The first kappa shape index (κ1) is 10.4. The number of hydrogen-bond donors (Lipinski definition) is 1. The van der Waals surface area contributed by atoms with Gasteiger partial charge < -0.3 is 5.32 Å². The van der Waals surface area contributed by atoms with Crippen LogP contribution in [-0.4, -0.2) is 20.9 Å². The van der Waals surface area contributed by atoms with Crippen molar-refractivity contribution in [1.29, 1.82) is 0 Å². The van der Waals surface area contributed by atoms with Crippen LogP contribution < -0.4 is 5.32 Å². The minimum atomic E-state index is -3.82. The third-order valence-corrected chi connectivity index (χ3v) is 3.45. The van der Waals surface area contributed by atoms with E-state index >= 15 is 0 Å². The molecular formula is C8H6ClFN2O2S. The maximum absolute atomic E-state index is 12.3. The Labute approximate surface area is 90.8 Å². The maximum atomic E-state index is 12.3. The van der Waals surface area contributed by atoms with Crippen LogP contribution in [0.1, 0.15) is 0 Å². The summed E-state index contributed by atoms with van der Waals surface area (Å²) in [6.07, 6.45) is 0. The molecule has 1 aromatic rings. The Hall–Kier alpha value is -1.14. The SMILES string of the molecule is O=S1(=O)N=C(C[18F])Nc2ccc(Cl)cc21. The number of hydrogen-bond acceptors (Lipinski definition) is 3. The fourth-order valence-electron chi connectivity index (χ4n) is 1.24. The Bertz CT molecular complexity index is 542. The van der Waals surface area contributed by atoms with Gasteiger partial charge in [-0.3, -0.25) is 0 Å². The van der Waals surface area contributed by atoms with Crippen LogP contribution in [0, 0.1) is 0 Å². The Morgan fingerprint density at radius 3 is 2.87 bits per heavy atom. The number of halogens is 2. The van der Waals surface area contributed by atoms with Crippen molar-refractivity contribution in [3.63, 3.8) is 0 Å². The Kier molecular flexibility index (Phi) is 2.40. The molecule has 1 heterocycles. The molecule has 1 aromatic carbocycles. The van der Waals surface area contributed by atoms with Crippen molar-refractivity contribution in [2.75, 3.05) is 12.0 Å². The second kappa shape index (κ2) is 3.46. The Balaban J connectivity index is 2.64. The first-order valence-corrected chi connectivity index (χ1v) is 5.81. The normalized spacial score (nSPS) is 17.6. The van der Waals surface area contributed by atoms with E-state index in [4.69, 9.17) is 11.6 Å². The summed E-state index contributed by atoms with van der Waals surface area (Å²) < 4.78 is 38.7. The lowest BCUT2D eigenvalue weighted by Gasteiger charge is -2.16. The zero-order valence-corrected chi connectivity index (χ0v) is 8.94. The van der Waals surface area contributed by atoms with Crippen LogP contribution >= 0.6 is 11.6 Å². The topological polar surface area (TPSA) is 58.5 Å². The molecule has 1 N–H and O–H groups in total. The minimum Gasteiger partial charge on any atom is -0.340 e. The van der Waals surface area contributed by atoms with E-state index in [1.54, 1.807) is 0 Å². The zero-order valence-electron chi connectivity index (χ0n) is 7.37. The van der Waals surface area contributed by atoms with Gasteiger partial charge in [0.05, 0.1) is 5.69 Å². The molecule has 0 spiro atoms. The maximum Gasteiger partial charge on any atom is 0.286 e. The van der Waals surface area contributed by atoms with Crippen molar-refractivity contribution in [3.05, 3.63) is 23.2 Å². The zero-order chi connectivity index (χ0) is 11.1. The molecule has 0 unspecified atom stereocenters. The number of anilines is 1. The van der Waals surface area contributed by atoms with Gasteiger partial charge in [0.1, 0.15) is 11.6 Å². The minimum absolute atomic E-state index is 0.0350. The van der Waals surface area contributed by atoms with Gasteiger partial charge in [0.15, 0.2) is 5.84 Å². The highest BCUT2D eigenvalue weighted by Gasteiger charge is 2.24. The third-order valence-electron chi connectivity index (χ3n) is 1.86. The molecule has 0 saturated carbocycles. The van der Waals surface area contributed by atoms with Crippen molar-refractivity contribution >= 4 is 33.1 Å². The fourth-order valence-corrected chi connectivity index (χ4v) is 2.64. The molecule has 80 valence electrons. The molecule has 1 aliphatic heterocycles. The molecule has 1 aliphatic rings. The largest absolute Gasteiger partial charge is 0.340 e. The third kappa shape index (κ3) is 1.82. The van der Waals surface area contributed by atoms with Crippen LogP contribution in [0.3, 0.4) is 0 Å². The summed E-state index contributed by atoms with van der Waals surface area (Å²) in [5.74, 6) is -0.218. The summed E-state index contributed by atoms with van der Waals surface area (Å²) in [5.41, 5.74) is 0.294. The number of amidine groups is 1. The predicted molar refractivity (Wildman–Crippen MR) is 55.7 cm³/mol. The molecule has 4 nitrogen and oxygen atoms in total. The van der Waals surface area contributed by atoms with Gasteiger partial charge in [-0.2, -0.15) is 8.42 Å². The summed E-state index contributed by atoms with van der Waals surface area (Å²) in [4.78, 5) is -0.0350. The van der Waals surface area contributed by atoms with Gasteiger partial charge in [-0.1, -0.05) is 11.6 Å². The average molecular weight is 248 g/mol. The number of alkyl halides is 1. The molecule has 0 saturated heterocycles. The number of benzene rings is 1. The van der Waals surface area contributed by atoms with Crippen molar-refractivity contribution in [2.24, 2.45) is 4.40 Å². The van der Waals surface area contributed by atoms with E-state index in [0.717, 1.165) is 0 Å². The number of sulfonamides is 1. The van der Waals surface area contributed by atoms with E-state index in [1.807, 2.05) is 0 Å². The molecule has 0 radical (unpaired) electrons. The number of rotatable bonds is 1. The highest BCUT2D eigenvalue weighted by molar-refractivity contribution is 7.90. The van der Waals surface area contributed by atoms with E-state index in [9.17, 15) is 12.8 Å². The monoisotopic (exact) mass is 247 g/mol. The summed E-state index contributed by atoms with van der Waals surface area (Å²) in [6.45, 7) is -0.957. The van der Waals surface area contributed by atoms with Crippen LogP contribution in [0.15, 0.2) is 27.5 Å². The molecule has 0 amide bonds.